The van der Waals surface area contributed by atoms with Gasteiger partial charge in [0, 0.05) is 6.54 Å². The lowest BCUT2D eigenvalue weighted by Gasteiger charge is -2.08. The Hall–Kier alpha value is -1.46. The van der Waals surface area contributed by atoms with Crippen LogP contribution < -0.4 is 10.1 Å². The average Bonchev–Trinajstić information content (AvgIpc) is 2.29. The fourth-order valence-electron chi connectivity index (χ4n) is 1.25. The number of rotatable bonds is 6. The second-order valence-electron chi connectivity index (χ2n) is 3.24. The number of ether oxygens (including phenoxy) is 1. The highest BCUT2D eigenvalue weighted by Crippen LogP contribution is 2.15. The Kier molecular flexibility index (Phi) is 5.35. The van der Waals surface area contributed by atoms with Crippen LogP contribution in [-0.2, 0) is 0 Å². The summed E-state index contributed by atoms with van der Waals surface area (Å²) >= 11 is 0. The lowest BCUT2D eigenvalue weighted by atomic mass is 10.2. The molecule has 2 nitrogen and oxygen atoms in total. The van der Waals surface area contributed by atoms with E-state index in [0.717, 1.165) is 30.8 Å². The van der Waals surface area contributed by atoms with Crippen molar-refractivity contribution in [2.45, 2.75) is 13.3 Å². The van der Waals surface area contributed by atoms with Crippen molar-refractivity contribution >= 4 is 0 Å². The molecule has 1 aromatic carbocycles. The summed E-state index contributed by atoms with van der Waals surface area (Å²) in [6.45, 7) is 4.67. The van der Waals surface area contributed by atoms with Gasteiger partial charge in [-0.25, -0.2) is 0 Å². The summed E-state index contributed by atoms with van der Waals surface area (Å²) in [6, 6.07) is 7.62. The van der Waals surface area contributed by atoms with Crippen molar-refractivity contribution in [3.05, 3.63) is 29.8 Å². The van der Waals surface area contributed by atoms with Crippen LogP contribution in [0.2, 0.25) is 0 Å². The van der Waals surface area contributed by atoms with Gasteiger partial charge in [-0.3, -0.25) is 0 Å². The summed E-state index contributed by atoms with van der Waals surface area (Å²) in [6.07, 6.45) is 6.50. The van der Waals surface area contributed by atoms with Crippen LogP contribution in [0, 0.1) is 12.3 Å². The molecule has 0 amide bonds. The van der Waals surface area contributed by atoms with Gasteiger partial charge in [0.1, 0.15) is 12.4 Å². The van der Waals surface area contributed by atoms with Gasteiger partial charge in [0.05, 0.1) is 5.56 Å². The highest BCUT2D eigenvalue weighted by molar-refractivity contribution is 5.44. The molecule has 0 aliphatic rings. The maximum Gasteiger partial charge on any atom is 0.134 e. The zero-order valence-electron chi connectivity index (χ0n) is 9.12. The molecule has 0 aliphatic carbocycles. The third kappa shape index (κ3) is 4.05. The monoisotopic (exact) mass is 203 g/mol. The smallest absolute Gasteiger partial charge is 0.134 e. The summed E-state index contributed by atoms with van der Waals surface area (Å²) in [4.78, 5) is 0. The van der Waals surface area contributed by atoms with Gasteiger partial charge in [0.2, 0.25) is 0 Å². The first-order valence-corrected chi connectivity index (χ1v) is 5.27. The Morgan fingerprint density at radius 3 is 2.87 bits per heavy atom. The van der Waals surface area contributed by atoms with Gasteiger partial charge in [-0.1, -0.05) is 25.0 Å². The predicted molar refractivity (Wildman–Crippen MR) is 63.0 cm³/mol. The minimum Gasteiger partial charge on any atom is -0.491 e. The van der Waals surface area contributed by atoms with E-state index in [1.807, 2.05) is 24.3 Å². The highest BCUT2D eigenvalue weighted by Gasteiger charge is 1.98. The second kappa shape index (κ2) is 6.92. The fourth-order valence-corrected chi connectivity index (χ4v) is 1.25. The Morgan fingerprint density at radius 2 is 2.13 bits per heavy atom. The van der Waals surface area contributed by atoms with Crippen LogP contribution >= 0.6 is 0 Å². The number of benzene rings is 1. The van der Waals surface area contributed by atoms with E-state index in [0.29, 0.717) is 6.61 Å². The second-order valence-corrected chi connectivity index (χ2v) is 3.24. The number of para-hydroxylation sites is 1. The van der Waals surface area contributed by atoms with Gasteiger partial charge in [-0.15, -0.1) is 6.42 Å². The molecule has 1 aromatic rings. The van der Waals surface area contributed by atoms with Gasteiger partial charge >= 0.3 is 0 Å². The van der Waals surface area contributed by atoms with Crippen LogP contribution in [0.1, 0.15) is 18.9 Å². The van der Waals surface area contributed by atoms with Crippen LogP contribution in [-0.4, -0.2) is 19.7 Å². The van der Waals surface area contributed by atoms with Crippen LogP contribution in [0.4, 0.5) is 0 Å². The van der Waals surface area contributed by atoms with Crippen molar-refractivity contribution in [2.75, 3.05) is 19.7 Å². The molecule has 0 fully saturated rings. The highest BCUT2D eigenvalue weighted by atomic mass is 16.5. The molecule has 0 heterocycles. The number of hydrogen-bond donors (Lipinski definition) is 1. The standard InChI is InChI=1S/C13H17NO/c1-3-9-14-10-11-15-13-8-6-5-7-12(13)4-2/h2,5-8,14H,3,9-11H2,1H3. The molecule has 0 radical (unpaired) electrons. The number of hydrogen-bond acceptors (Lipinski definition) is 2. The van der Waals surface area contributed by atoms with E-state index in [4.69, 9.17) is 11.2 Å². The molecule has 15 heavy (non-hydrogen) atoms. The SMILES string of the molecule is C#Cc1ccccc1OCCNCCC. The van der Waals surface area contributed by atoms with Gasteiger partial charge in [-0.2, -0.15) is 0 Å². The van der Waals surface area contributed by atoms with Crippen LogP contribution in [0.25, 0.3) is 0 Å². The van der Waals surface area contributed by atoms with E-state index in [-0.39, 0.29) is 0 Å². The molecule has 0 saturated carbocycles. The lowest BCUT2D eigenvalue weighted by molar-refractivity contribution is 0.313. The average molecular weight is 203 g/mol. The molecule has 80 valence electrons. The molecule has 0 atom stereocenters. The normalized spacial score (nSPS) is 9.60. The minimum absolute atomic E-state index is 0.651. The zero-order chi connectivity index (χ0) is 10.9. The molecular weight excluding hydrogens is 186 g/mol. The quantitative estimate of drug-likeness (QED) is 0.564. The van der Waals surface area contributed by atoms with E-state index >= 15 is 0 Å². The Labute approximate surface area is 91.6 Å². The van der Waals surface area contributed by atoms with Crippen molar-refractivity contribution in [3.8, 4) is 18.1 Å². The first-order chi connectivity index (χ1) is 7.38. The Morgan fingerprint density at radius 1 is 1.33 bits per heavy atom. The van der Waals surface area contributed by atoms with E-state index in [9.17, 15) is 0 Å². The molecule has 0 saturated heterocycles. The molecule has 0 aliphatic heterocycles. The fraction of sp³-hybridized carbons (Fsp3) is 0.385. The van der Waals surface area contributed by atoms with Crippen molar-refractivity contribution in [3.63, 3.8) is 0 Å². The van der Waals surface area contributed by atoms with E-state index in [1.54, 1.807) is 0 Å². The third-order valence-electron chi connectivity index (χ3n) is 2.01. The molecule has 0 bridgehead atoms. The molecule has 0 aromatic heterocycles. The van der Waals surface area contributed by atoms with Crippen molar-refractivity contribution in [1.29, 1.82) is 0 Å². The number of terminal acetylenes is 1. The molecule has 1 N–H and O–H groups in total. The van der Waals surface area contributed by atoms with E-state index in [1.165, 1.54) is 0 Å². The first kappa shape index (κ1) is 11.6. The predicted octanol–water partition coefficient (Wildman–Crippen LogP) is 2.05. The van der Waals surface area contributed by atoms with Gasteiger partial charge in [0.25, 0.3) is 0 Å². The Bertz CT molecular complexity index is 328. The van der Waals surface area contributed by atoms with Crippen molar-refractivity contribution in [2.24, 2.45) is 0 Å². The molecular formula is C13H17NO. The summed E-state index contributed by atoms with van der Waals surface area (Å²) in [7, 11) is 0. The van der Waals surface area contributed by atoms with Gasteiger partial charge in [0.15, 0.2) is 0 Å². The Balaban J connectivity index is 2.34. The van der Waals surface area contributed by atoms with Crippen molar-refractivity contribution in [1.82, 2.24) is 5.32 Å². The van der Waals surface area contributed by atoms with E-state index < -0.39 is 0 Å². The van der Waals surface area contributed by atoms with Crippen LogP contribution in [0.15, 0.2) is 24.3 Å². The minimum atomic E-state index is 0.651. The largest absolute Gasteiger partial charge is 0.491 e. The van der Waals surface area contributed by atoms with Gasteiger partial charge in [-0.05, 0) is 25.1 Å². The molecule has 0 unspecified atom stereocenters. The van der Waals surface area contributed by atoms with Crippen molar-refractivity contribution < 1.29 is 4.74 Å². The summed E-state index contributed by atoms with van der Waals surface area (Å²) < 4.78 is 5.57. The van der Waals surface area contributed by atoms with Crippen LogP contribution in [0.3, 0.4) is 0 Å². The maximum absolute atomic E-state index is 5.57. The third-order valence-corrected chi connectivity index (χ3v) is 2.01. The summed E-state index contributed by atoms with van der Waals surface area (Å²) in [5, 5.41) is 3.27. The van der Waals surface area contributed by atoms with Gasteiger partial charge < -0.3 is 10.1 Å². The van der Waals surface area contributed by atoms with E-state index in [2.05, 4.69) is 18.2 Å². The number of nitrogens with one attached hydrogen (secondary N) is 1. The molecule has 1 rings (SSSR count). The molecule has 2 heteroatoms. The topological polar surface area (TPSA) is 21.3 Å². The van der Waals surface area contributed by atoms with Crippen LogP contribution in [0.5, 0.6) is 5.75 Å². The lowest BCUT2D eigenvalue weighted by Crippen LogP contribution is -2.21. The maximum atomic E-state index is 5.57. The molecule has 0 spiro atoms. The summed E-state index contributed by atoms with van der Waals surface area (Å²) in [5.41, 5.74) is 0.813. The zero-order valence-corrected chi connectivity index (χ0v) is 9.12. The summed E-state index contributed by atoms with van der Waals surface area (Å²) in [5.74, 6) is 3.39. The first-order valence-electron chi connectivity index (χ1n) is 5.27.